The summed E-state index contributed by atoms with van der Waals surface area (Å²) in [5.74, 6) is 1.59. The summed E-state index contributed by atoms with van der Waals surface area (Å²) < 4.78 is 11.3. The molecule has 0 N–H and O–H groups in total. The number of morpholine rings is 1. The summed E-state index contributed by atoms with van der Waals surface area (Å²) >= 11 is 0. The summed E-state index contributed by atoms with van der Waals surface area (Å²) in [5.41, 5.74) is 4.44. The number of hydrogen-bond donors (Lipinski definition) is 0. The fourth-order valence-corrected chi connectivity index (χ4v) is 3.11. The zero-order valence-electron chi connectivity index (χ0n) is 14.4. The van der Waals surface area contributed by atoms with E-state index in [-0.39, 0.29) is 0 Å². The SMILES string of the molecule is Cc1oc(-c2ccc(-c3ccccc3)cc2)nc1CN1CCOCC1. The number of oxazole rings is 1. The Morgan fingerprint density at radius 1 is 0.880 bits per heavy atom. The number of aromatic nitrogens is 1. The summed E-state index contributed by atoms with van der Waals surface area (Å²) in [6.07, 6.45) is 0. The first-order chi connectivity index (χ1) is 12.3. The largest absolute Gasteiger partial charge is 0.441 e. The van der Waals surface area contributed by atoms with Crippen molar-refractivity contribution in [3.63, 3.8) is 0 Å². The van der Waals surface area contributed by atoms with Gasteiger partial charge in [0, 0.05) is 25.2 Å². The molecule has 4 heteroatoms. The van der Waals surface area contributed by atoms with E-state index in [1.807, 2.05) is 13.0 Å². The summed E-state index contributed by atoms with van der Waals surface area (Å²) in [7, 11) is 0. The lowest BCUT2D eigenvalue weighted by molar-refractivity contribution is 0.0335. The van der Waals surface area contributed by atoms with E-state index in [0.29, 0.717) is 5.89 Å². The fourth-order valence-electron chi connectivity index (χ4n) is 3.11. The Balaban J connectivity index is 1.53. The molecule has 0 amide bonds. The quantitative estimate of drug-likeness (QED) is 0.718. The Hall–Kier alpha value is -2.43. The fraction of sp³-hybridized carbons (Fsp3) is 0.286. The second-order valence-corrected chi connectivity index (χ2v) is 6.35. The van der Waals surface area contributed by atoms with Crippen molar-refractivity contribution in [2.45, 2.75) is 13.5 Å². The van der Waals surface area contributed by atoms with Crippen molar-refractivity contribution in [3.05, 3.63) is 66.1 Å². The predicted molar refractivity (Wildman–Crippen MR) is 98.2 cm³/mol. The molecule has 25 heavy (non-hydrogen) atoms. The minimum Gasteiger partial charge on any atom is -0.441 e. The molecule has 0 atom stereocenters. The molecule has 1 saturated heterocycles. The van der Waals surface area contributed by atoms with Gasteiger partial charge in [0.05, 0.1) is 18.9 Å². The van der Waals surface area contributed by atoms with Gasteiger partial charge in [0.2, 0.25) is 5.89 Å². The first kappa shape index (κ1) is 16.1. The monoisotopic (exact) mass is 334 g/mol. The average molecular weight is 334 g/mol. The van der Waals surface area contributed by atoms with Crippen LogP contribution in [0.2, 0.25) is 0 Å². The van der Waals surface area contributed by atoms with E-state index in [1.54, 1.807) is 0 Å². The van der Waals surface area contributed by atoms with Crippen LogP contribution in [0.5, 0.6) is 0 Å². The van der Waals surface area contributed by atoms with Gasteiger partial charge in [-0.3, -0.25) is 4.90 Å². The van der Waals surface area contributed by atoms with E-state index in [9.17, 15) is 0 Å². The first-order valence-corrected chi connectivity index (χ1v) is 8.72. The van der Waals surface area contributed by atoms with Crippen molar-refractivity contribution >= 4 is 0 Å². The standard InChI is InChI=1S/C21H22N2O2/c1-16-20(15-23-11-13-24-14-12-23)22-21(25-16)19-9-7-18(8-10-19)17-5-3-2-4-6-17/h2-10H,11-15H2,1H3. The molecular weight excluding hydrogens is 312 g/mol. The highest BCUT2D eigenvalue weighted by molar-refractivity contribution is 5.67. The Kier molecular flexibility index (Phi) is 4.63. The van der Waals surface area contributed by atoms with Gasteiger partial charge in [-0.15, -0.1) is 0 Å². The van der Waals surface area contributed by atoms with Crippen LogP contribution in [-0.4, -0.2) is 36.2 Å². The molecule has 0 unspecified atom stereocenters. The average Bonchev–Trinajstić information content (AvgIpc) is 3.04. The third kappa shape index (κ3) is 3.65. The van der Waals surface area contributed by atoms with Crippen molar-refractivity contribution in [1.29, 1.82) is 0 Å². The van der Waals surface area contributed by atoms with Gasteiger partial charge in [-0.25, -0.2) is 4.98 Å². The van der Waals surface area contributed by atoms with Crippen molar-refractivity contribution in [3.8, 4) is 22.6 Å². The molecule has 1 aliphatic heterocycles. The minimum atomic E-state index is 0.695. The van der Waals surface area contributed by atoms with Crippen LogP contribution in [0.25, 0.3) is 22.6 Å². The van der Waals surface area contributed by atoms with E-state index >= 15 is 0 Å². The van der Waals surface area contributed by atoms with Crippen LogP contribution >= 0.6 is 0 Å². The lowest BCUT2D eigenvalue weighted by Crippen LogP contribution is -2.35. The molecule has 0 bridgehead atoms. The van der Waals surface area contributed by atoms with E-state index in [4.69, 9.17) is 14.1 Å². The molecule has 0 saturated carbocycles. The molecule has 1 aliphatic rings. The van der Waals surface area contributed by atoms with Crippen LogP contribution in [0, 0.1) is 6.92 Å². The number of hydrogen-bond acceptors (Lipinski definition) is 4. The summed E-state index contributed by atoms with van der Waals surface area (Å²) in [4.78, 5) is 7.09. The van der Waals surface area contributed by atoms with Crippen LogP contribution in [0.15, 0.2) is 59.0 Å². The number of rotatable bonds is 4. The van der Waals surface area contributed by atoms with Crippen molar-refractivity contribution in [2.75, 3.05) is 26.3 Å². The van der Waals surface area contributed by atoms with E-state index in [0.717, 1.165) is 49.9 Å². The van der Waals surface area contributed by atoms with Gasteiger partial charge in [-0.1, -0.05) is 42.5 Å². The van der Waals surface area contributed by atoms with Gasteiger partial charge in [-0.2, -0.15) is 0 Å². The van der Waals surface area contributed by atoms with Crippen LogP contribution in [0.1, 0.15) is 11.5 Å². The van der Waals surface area contributed by atoms with Gasteiger partial charge in [0.15, 0.2) is 0 Å². The van der Waals surface area contributed by atoms with Crippen molar-refractivity contribution in [1.82, 2.24) is 9.88 Å². The lowest BCUT2D eigenvalue weighted by atomic mass is 10.0. The van der Waals surface area contributed by atoms with Crippen LogP contribution in [0.3, 0.4) is 0 Å². The third-order valence-electron chi connectivity index (χ3n) is 4.61. The summed E-state index contributed by atoms with van der Waals surface area (Å²) in [5, 5.41) is 0. The van der Waals surface area contributed by atoms with Gasteiger partial charge < -0.3 is 9.15 Å². The molecule has 3 aromatic rings. The van der Waals surface area contributed by atoms with Crippen LogP contribution < -0.4 is 0 Å². The van der Waals surface area contributed by atoms with E-state index in [1.165, 1.54) is 11.1 Å². The molecule has 2 heterocycles. The zero-order chi connectivity index (χ0) is 17.1. The molecule has 1 fully saturated rings. The Labute approximate surface area is 148 Å². The lowest BCUT2D eigenvalue weighted by Gasteiger charge is -2.25. The maximum Gasteiger partial charge on any atom is 0.226 e. The van der Waals surface area contributed by atoms with Crippen LogP contribution in [0.4, 0.5) is 0 Å². The van der Waals surface area contributed by atoms with Gasteiger partial charge >= 0.3 is 0 Å². The molecule has 1 aromatic heterocycles. The molecule has 0 radical (unpaired) electrons. The summed E-state index contributed by atoms with van der Waals surface area (Å²) in [6.45, 7) is 6.31. The number of nitrogens with zero attached hydrogens (tertiary/aromatic N) is 2. The second-order valence-electron chi connectivity index (χ2n) is 6.35. The number of benzene rings is 2. The number of ether oxygens (including phenoxy) is 1. The maximum absolute atomic E-state index is 5.92. The smallest absolute Gasteiger partial charge is 0.226 e. The molecule has 4 nitrogen and oxygen atoms in total. The normalized spacial score (nSPS) is 15.4. The molecule has 0 aliphatic carbocycles. The summed E-state index contributed by atoms with van der Waals surface area (Å²) in [6, 6.07) is 18.8. The second kappa shape index (κ2) is 7.21. The Morgan fingerprint density at radius 2 is 1.52 bits per heavy atom. The van der Waals surface area contributed by atoms with Crippen molar-refractivity contribution < 1.29 is 9.15 Å². The maximum atomic E-state index is 5.92. The first-order valence-electron chi connectivity index (χ1n) is 8.72. The third-order valence-corrected chi connectivity index (χ3v) is 4.61. The van der Waals surface area contributed by atoms with Gasteiger partial charge in [0.25, 0.3) is 0 Å². The topological polar surface area (TPSA) is 38.5 Å². The Bertz CT molecular complexity index is 819. The highest BCUT2D eigenvalue weighted by Crippen LogP contribution is 2.26. The molecule has 128 valence electrons. The van der Waals surface area contributed by atoms with E-state index < -0.39 is 0 Å². The molecule has 4 rings (SSSR count). The highest BCUT2D eigenvalue weighted by Gasteiger charge is 2.17. The highest BCUT2D eigenvalue weighted by atomic mass is 16.5. The number of aryl methyl sites for hydroxylation is 1. The molecule has 2 aromatic carbocycles. The van der Waals surface area contributed by atoms with Gasteiger partial charge in [-0.05, 0) is 30.2 Å². The van der Waals surface area contributed by atoms with Crippen LogP contribution in [-0.2, 0) is 11.3 Å². The van der Waals surface area contributed by atoms with Gasteiger partial charge in [0.1, 0.15) is 5.76 Å². The minimum absolute atomic E-state index is 0.695. The van der Waals surface area contributed by atoms with Crippen molar-refractivity contribution in [2.24, 2.45) is 0 Å². The Morgan fingerprint density at radius 3 is 2.24 bits per heavy atom. The predicted octanol–water partition coefficient (Wildman–Crippen LogP) is 4.15. The zero-order valence-corrected chi connectivity index (χ0v) is 14.4. The molecule has 0 spiro atoms. The molecular formula is C21H22N2O2. The van der Waals surface area contributed by atoms with E-state index in [2.05, 4.69) is 53.4 Å².